The van der Waals surface area contributed by atoms with E-state index in [4.69, 9.17) is 5.73 Å². The minimum absolute atomic E-state index is 0.123. The van der Waals surface area contributed by atoms with E-state index >= 15 is 0 Å². The first-order chi connectivity index (χ1) is 17.6. The summed E-state index contributed by atoms with van der Waals surface area (Å²) >= 11 is 0. The number of nitrogens with zero attached hydrogens (tertiary/aromatic N) is 3. The number of aromatic nitrogens is 3. The molecule has 0 spiro atoms. The van der Waals surface area contributed by atoms with Crippen molar-refractivity contribution in [2.24, 2.45) is 28.5 Å². The summed E-state index contributed by atoms with van der Waals surface area (Å²) in [5.41, 5.74) is 9.86. The first-order valence-corrected chi connectivity index (χ1v) is 13.4. The van der Waals surface area contributed by atoms with E-state index in [0.29, 0.717) is 6.54 Å². The molecule has 36 heavy (non-hydrogen) atoms. The zero-order valence-corrected chi connectivity index (χ0v) is 20.8. The molecule has 188 valence electrons. The molecule has 7 rings (SSSR count). The third-order valence-corrected chi connectivity index (χ3v) is 8.61. The highest BCUT2D eigenvalue weighted by atomic mass is 16.2. The molecule has 3 aromatic rings. The largest absolute Gasteiger partial charge is 0.370 e. The fourth-order valence-corrected chi connectivity index (χ4v) is 7.63. The number of carbonyl (C=O) groups is 1. The van der Waals surface area contributed by atoms with Crippen LogP contribution >= 0.6 is 0 Å². The number of benzene rings is 1. The molecule has 0 radical (unpaired) electrons. The van der Waals surface area contributed by atoms with Gasteiger partial charge in [0.25, 0.3) is 0 Å². The van der Waals surface area contributed by atoms with Crippen LogP contribution in [0.1, 0.15) is 56.5 Å². The molecule has 0 aliphatic heterocycles. The molecule has 4 aliphatic rings. The number of nitrogens with one attached hydrogen (secondary N) is 2. The Morgan fingerprint density at radius 1 is 1.08 bits per heavy atom. The maximum absolute atomic E-state index is 13.2. The van der Waals surface area contributed by atoms with Gasteiger partial charge in [-0.15, -0.1) is 0 Å². The minimum Gasteiger partial charge on any atom is -0.370 e. The highest BCUT2D eigenvalue weighted by molar-refractivity contribution is 5.96. The van der Waals surface area contributed by atoms with Crippen molar-refractivity contribution in [3.05, 3.63) is 66.4 Å². The molecule has 4 aliphatic carbocycles. The molecule has 0 saturated heterocycles. The molecule has 7 nitrogen and oxygen atoms in total. The summed E-state index contributed by atoms with van der Waals surface area (Å²) in [6.45, 7) is 0.793. The van der Waals surface area contributed by atoms with Gasteiger partial charge in [-0.25, -0.2) is 4.98 Å². The molecule has 0 atom stereocenters. The second-order valence-electron chi connectivity index (χ2n) is 11.2. The summed E-state index contributed by atoms with van der Waals surface area (Å²) < 4.78 is 2.27. The molecule has 4 bridgehead atoms. The average molecular weight is 485 g/mol. The SMILES string of the molecule is NC(=NCCCc1ncc[nH]1)NC(=O)Cn1c(-c2ccccc2)ccc1C12CC3CC(CC(C3)C1)C2. The number of aromatic amines is 1. The first kappa shape index (κ1) is 23.1. The predicted molar refractivity (Wildman–Crippen MR) is 141 cm³/mol. The number of imidazole rings is 1. The second-order valence-corrected chi connectivity index (χ2v) is 11.2. The molecule has 1 aromatic carbocycles. The lowest BCUT2D eigenvalue weighted by Gasteiger charge is -2.57. The van der Waals surface area contributed by atoms with Crippen LogP contribution in [0.25, 0.3) is 11.3 Å². The van der Waals surface area contributed by atoms with Gasteiger partial charge >= 0.3 is 0 Å². The van der Waals surface area contributed by atoms with Gasteiger partial charge in [0.1, 0.15) is 12.4 Å². The Balaban J connectivity index is 1.20. The van der Waals surface area contributed by atoms with E-state index in [1.165, 1.54) is 44.2 Å². The van der Waals surface area contributed by atoms with Crippen molar-refractivity contribution in [3.63, 3.8) is 0 Å². The van der Waals surface area contributed by atoms with E-state index in [2.05, 4.69) is 61.2 Å². The molecular weight excluding hydrogens is 448 g/mol. The maximum Gasteiger partial charge on any atom is 0.246 e. The van der Waals surface area contributed by atoms with E-state index in [9.17, 15) is 4.79 Å². The number of hydrogen-bond donors (Lipinski definition) is 3. The molecule has 4 saturated carbocycles. The van der Waals surface area contributed by atoms with Gasteiger partial charge in [-0.1, -0.05) is 30.3 Å². The van der Waals surface area contributed by atoms with Gasteiger partial charge in [0.05, 0.1) is 0 Å². The number of carbonyl (C=O) groups excluding carboxylic acids is 1. The minimum atomic E-state index is -0.123. The van der Waals surface area contributed by atoms with Gasteiger partial charge in [0.15, 0.2) is 5.96 Å². The van der Waals surface area contributed by atoms with Crippen LogP contribution in [0, 0.1) is 17.8 Å². The standard InChI is InChI=1S/C29H36N6O/c30-28(33-10-4-7-26-31-11-12-32-26)34-27(36)19-35-24(23-5-2-1-3-6-23)8-9-25(35)29-16-20-13-21(17-29)15-22(14-20)18-29/h1-3,5-6,8-9,11-12,20-22H,4,7,10,13-19H2,(H,31,32)(H3,30,33,34,36). The van der Waals surface area contributed by atoms with Crippen molar-refractivity contribution in [1.82, 2.24) is 19.9 Å². The first-order valence-electron chi connectivity index (χ1n) is 13.4. The molecule has 4 fully saturated rings. The monoisotopic (exact) mass is 484 g/mol. The van der Waals surface area contributed by atoms with Crippen LogP contribution in [-0.2, 0) is 23.2 Å². The van der Waals surface area contributed by atoms with Gasteiger partial charge in [0.2, 0.25) is 5.91 Å². The summed E-state index contributed by atoms with van der Waals surface area (Å²) in [6.07, 6.45) is 13.2. The lowest BCUT2D eigenvalue weighted by atomic mass is 9.49. The zero-order chi connectivity index (χ0) is 24.5. The van der Waals surface area contributed by atoms with Gasteiger partial charge in [-0.3, -0.25) is 15.1 Å². The van der Waals surface area contributed by atoms with Crippen LogP contribution in [0.2, 0.25) is 0 Å². The number of H-pyrrole nitrogens is 1. The summed E-state index contributed by atoms with van der Waals surface area (Å²) in [5, 5.41) is 2.84. The van der Waals surface area contributed by atoms with Crippen LogP contribution in [0.3, 0.4) is 0 Å². The van der Waals surface area contributed by atoms with Gasteiger partial charge in [-0.2, -0.15) is 0 Å². The van der Waals surface area contributed by atoms with Crippen molar-refractivity contribution < 1.29 is 4.79 Å². The fraction of sp³-hybridized carbons (Fsp3) is 0.483. The van der Waals surface area contributed by atoms with Crippen molar-refractivity contribution in [2.75, 3.05) is 6.54 Å². The molecular formula is C29H36N6O. The quantitative estimate of drug-likeness (QED) is 0.251. The third-order valence-electron chi connectivity index (χ3n) is 8.61. The molecule has 1 amide bonds. The van der Waals surface area contributed by atoms with Crippen molar-refractivity contribution in [3.8, 4) is 11.3 Å². The van der Waals surface area contributed by atoms with E-state index in [1.54, 1.807) is 6.20 Å². The van der Waals surface area contributed by atoms with Gasteiger partial charge in [0, 0.05) is 42.2 Å². The van der Waals surface area contributed by atoms with Gasteiger partial charge < -0.3 is 15.3 Å². The second kappa shape index (κ2) is 9.60. The molecule has 4 N–H and O–H groups in total. The number of aliphatic imine (C=N–C) groups is 1. The van der Waals surface area contributed by atoms with Gasteiger partial charge in [-0.05, 0) is 80.4 Å². The van der Waals surface area contributed by atoms with Crippen LogP contribution in [0.15, 0.2) is 59.9 Å². The Morgan fingerprint density at radius 2 is 1.81 bits per heavy atom. The molecule has 0 unspecified atom stereocenters. The lowest BCUT2D eigenvalue weighted by molar-refractivity contribution is -0.120. The Labute approximate surface area is 212 Å². The number of hydrogen-bond acceptors (Lipinski definition) is 3. The Bertz CT molecular complexity index is 1190. The molecule has 2 heterocycles. The summed E-state index contributed by atoms with van der Waals surface area (Å²) in [5.74, 6) is 3.53. The summed E-state index contributed by atoms with van der Waals surface area (Å²) in [6, 6.07) is 14.9. The number of aryl methyl sites for hydroxylation is 1. The van der Waals surface area contributed by atoms with Crippen LogP contribution < -0.4 is 11.1 Å². The van der Waals surface area contributed by atoms with Crippen LogP contribution in [-0.4, -0.2) is 32.9 Å². The van der Waals surface area contributed by atoms with E-state index < -0.39 is 0 Å². The van der Waals surface area contributed by atoms with Crippen molar-refractivity contribution >= 4 is 11.9 Å². The number of nitrogens with two attached hydrogens (primary N) is 1. The van der Waals surface area contributed by atoms with Crippen molar-refractivity contribution in [1.29, 1.82) is 0 Å². The third kappa shape index (κ3) is 4.59. The Morgan fingerprint density at radius 3 is 2.47 bits per heavy atom. The van der Waals surface area contributed by atoms with Crippen LogP contribution in [0.5, 0.6) is 0 Å². The molecule has 7 heteroatoms. The lowest BCUT2D eigenvalue weighted by Crippen LogP contribution is -2.49. The summed E-state index contributed by atoms with van der Waals surface area (Å²) in [4.78, 5) is 24.9. The maximum atomic E-state index is 13.2. The number of rotatable bonds is 8. The Kier molecular flexibility index (Phi) is 6.15. The molecule has 2 aromatic heterocycles. The predicted octanol–water partition coefficient (Wildman–Crippen LogP) is 4.41. The fourth-order valence-electron chi connectivity index (χ4n) is 7.63. The van der Waals surface area contributed by atoms with E-state index in [0.717, 1.165) is 47.7 Å². The average Bonchev–Trinajstić information content (AvgIpc) is 3.52. The number of amides is 1. The van der Waals surface area contributed by atoms with Crippen LogP contribution in [0.4, 0.5) is 0 Å². The summed E-state index contributed by atoms with van der Waals surface area (Å²) in [7, 11) is 0. The highest BCUT2D eigenvalue weighted by Crippen LogP contribution is 2.61. The van der Waals surface area contributed by atoms with E-state index in [1.807, 2.05) is 12.3 Å². The number of guanidine groups is 1. The normalized spacial score (nSPS) is 26.9. The Hall–Kier alpha value is -3.35. The smallest absolute Gasteiger partial charge is 0.246 e. The van der Waals surface area contributed by atoms with E-state index in [-0.39, 0.29) is 23.8 Å². The highest BCUT2D eigenvalue weighted by Gasteiger charge is 2.52. The van der Waals surface area contributed by atoms with Crippen molar-refractivity contribution in [2.45, 2.75) is 63.3 Å². The zero-order valence-electron chi connectivity index (χ0n) is 20.8. The topological polar surface area (TPSA) is 101 Å².